The van der Waals surface area contributed by atoms with Crippen molar-refractivity contribution in [2.24, 2.45) is 0 Å². The molecule has 174 valence electrons. The minimum atomic E-state index is -0.318. The van der Waals surface area contributed by atoms with Gasteiger partial charge in [-0.15, -0.1) is 0 Å². The van der Waals surface area contributed by atoms with Gasteiger partial charge in [0, 0.05) is 22.3 Å². The minimum absolute atomic E-state index is 0.222. The van der Waals surface area contributed by atoms with Crippen molar-refractivity contribution in [1.29, 1.82) is 0 Å². The third-order valence-electron chi connectivity index (χ3n) is 5.40. The van der Waals surface area contributed by atoms with Crippen LogP contribution in [-0.4, -0.2) is 23.6 Å². The number of aryl methyl sites for hydroxylation is 1. The van der Waals surface area contributed by atoms with E-state index in [0.29, 0.717) is 27.1 Å². The summed E-state index contributed by atoms with van der Waals surface area (Å²) in [5, 5.41) is 4.03. The fourth-order valence-electron chi connectivity index (χ4n) is 3.82. The summed E-state index contributed by atoms with van der Waals surface area (Å²) in [7, 11) is 0. The number of aromatic nitrogens is 1. The van der Waals surface area contributed by atoms with E-state index in [1.54, 1.807) is 47.0 Å². The van der Waals surface area contributed by atoms with Gasteiger partial charge in [-0.2, -0.15) is 0 Å². The first-order chi connectivity index (χ1) is 16.4. The van der Waals surface area contributed by atoms with Crippen molar-refractivity contribution < 1.29 is 13.9 Å². The van der Waals surface area contributed by atoms with Crippen LogP contribution in [0.5, 0.6) is 5.75 Å². The molecule has 0 radical (unpaired) electrons. The predicted octanol–water partition coefficient (Wildman–Crippen LogP) is 6.77. The summed E-state index contributed by atoms with van der Waals surface area (Å²) >= 11 is 12.2. The molecule has 0 spiro atoms. The van der Waals surface area contributed by atoms with Gasteiger partial charge in [0.2, 0.25) is 0 Å². The zero-order chi connectivity index (χ0) is 24.1. The molecular formula is C27H23Cl2FN2O2. The van der Waals surface area contributed by atoms with Crippen LogP contribution in [0, 0.1) is 12.7 Å². The molecule has 3 aromatic carbocycles. The van der Waals surface area contributed by atoms with Gasteiger partial charge >= 0.3 is 0 Å². The Kier molecular flexibility index (Phi) is 7.56. The molecule has 0 atom stereocenters. The maximum Gasteiger partial charge on any atom is 0.268 e. The zero-order valence-electron chi connectivity index (χ0n) is 18.5. The summed E-state index contributed by atoms with van der Waals surface area (Å²) in [5.74, 6) is -0.0439. The molecule has 4 rings (SSSR count). The minimum Gasteiger partial charge on any atom is -0.490 e. The predicted molar refractivity (Wildman–Crippen MR) is 134 cm³/mol. The van der Waals surface area contributed by atoms with E-state index in [1.807, 2.05) is 37.4 Å². The van der Waals surface area contributed by atoms with Gasteiger partial charge in [-0.25, -0.2) is 4.39 Å². The molecule has 0 bridgehead atoms. The summed E-state index contributed by atoms with van der Waals surface area (Å²) in [5.41, 5.74) is 3.47. The molecule has 1 heterocycles. The van der Waals surface area contributed by atoms with Gasteiger partial charge in [-0.1, -0.05) is 65.7 Å². The van der Waals surface area contributed by atoms with E-state index in [4.69, 9.17) is 27.9 Å². The van der Waals surface area contributed by atoms with E-state index < -0.39 is 0 Å². The lowest BCUT2D eigenvalue weighted by atomic mass is 10.0. The van der Waals surface area contributed by atoms with E-state index in [0.717, 1.165) is 16.7 Å². The van der Waals surface area contributed by atoms with Crippen LogP contribution in [0.15, 0.2) is 79.0 Å². The Labute approximate surface area is 207 Å². The normalized spacial score (nSPS) is 10.8. The number of ether oxygens (including phenoxy) is 1. The van der Waals surface area contributed by atoms with Gasteiger partial charge in [0.05, 0.1) is 18.1 Å². The third kappa shape index (κ3) is 5.44. The summed E-state index contributed by atoms with van der Waals surface area (Å²) < 4.78 is 21.8. The zero-order valence-corrected chi connectivity index (χ0v) is 20.0. The summed E-state index contributed by atoms with van der Waals surface area (Å²) in [6.07, 6.45) is 1.87. The second-order valence-corrected chi connectivity index (χ2v) is 8.64. The molecule has 0 saturated heterocycles. The number of carbonyl (C=O) groups is 1. The highest BCUT2D eigenvalue weighted by molar-refractivity contribution is 6.32. The highest BCUT2D eigenvalue weighted by atomic mass is 35.5. The van der Waals surface area contributed by atoms with Gasteiger partial charge in [0.15, 0.2) is 0 Å². The number of hydrogen-bond acceptors (Lipinski definition) is 2. The molecular weight excluding hydrogens is 474 g/mol. The van der Waals surface area contributed by atoms with Crippen molar-refractivity contribution in [2.45, 2.75) is 13.5 Å². The highest BCUT2D eigenvalue weighted by Gasteiger charge is 2.22. The van der Waals surface area contributed by atoms with Crippen LogP contribution in [-0.2, 0) is 6.54 Å². The number of nitrogens with one attached hydrogen (secondary N) is 1. The first-order valence-corrected chi connectivity index (χ1v) is 11.5. The number of benzene rings is 3. The molecule has 1 aromatic heterocycles. The van der Waals surface area contributed by atoms with Crippen molar-refractivity contribution in [2.75, 3.05) is 13.2 Å². The van der Waals surface area contributed by atoms with E-state index in [1.165, 1.54) is 6.07 Å². The maximum atomic E-state index is 14.4. The van der Waals surface area contributed by atoms with Crippen LogP contribution >= 0.6 is 23.2 Å². The molecule has 0 aliphatic rings. The molecule has 0 saturated carbocycles. The largest absolute Gasteiger partial charge is 0.490 e. The number of halogens is 3. The van der Waals surface area contributed by atoms with E-state index in [-0.39, 0.29) is 31.4 Å². The first-order valence-electron chi connectivity index (χ1n) is 10.8. The van der Waals surface area contributed by atoms with Crippen molar-refractivity contribution in [3.05, 3.63) is 112 Å². The van der Waals surface area contributed by atoms with Crippen LogP contribution in [0.2, 0.25) is 10.0 Å². The monoisotopic (exact) mass is 496 g/mol. The highest BCUT2D eigenvalue weighted by Crippen LogP contribution is 2.31. The number of nitrogens with zero attached hydrogens (tertiary/aromatic N) is 1. The second-order valence-electron chi connectivity index (χ2n) is 7.80. The van der Waals surface area contributed by atoms with Crippen molar-refractivity contribution in [3.8, 4) is 16.9 Å². The molecule has 4 nitrogen and oxygen atoms in total. The summed E-state index contributed by atoms with van der Waals surface area (Å²) in [4.78, 5) is 13.4. The molecule has 4 aromatic rings. The molecule has 1 N–H and O–H groups in total. The topological polar surface area (TPSA) is 43.3 Å². The van der Waals surface area contributed by atoms with Crippen LogP contribution in [0.3, 0.4) is 0 Å². The number of carbonyl (C=O) groups excluding carboxylic acids is 1. The quantitative estimate of drug-likeness (QED) is 0.273. The third-order valence-corrected chi connectivity index (χ3v) is 5.96. The standard InChI is InChI=1S/C27H23Cl2FN2O2/c1-18-16-32(17-20-6-2-4-8-23(20)30)26(25(18)19-10-12-21(28)13-11-19)27(33)31-14-15-34-24-9-5-3-7-22(24)29/h2-13,16H,14-15,17H2,1H3,(H,31,33). The molecule has 34 heavy (non-hydrogen) atoms. The lowest BCUT2D eigenvalue weighted by Gasteiger charge is -2.14. The molecule has 7 heteroatoms. The van der Waals surface area contributed by atoms with Gasteiger partial charge in [-0.3, -0.25) is 4.79 Å². The van der Waals surface area contributed by atoms with E-state index in [2.05, 4.69) is 5.32 Å². The molecule has 0 unspecified atom stereocenters. The fourth-order valence-corrected chi connectivity index (χ4v) is 4.14. The maximum absolute atomic E-state index is 14.4. The Hall–Kier alpha value is -3.28. The van der Waals surface area contributed by atoms with Crippen LogP contribution in [0.25, 0.3) is 11.1 Å². The van der Waals surface area contributed by atoms with Crippen molar-refractivity contribution in [3.63, 3.8) is 0 Å². The number of hydrogen-bond donors (Lipinski definition) is 1. The average Bonchev–Trinajstić information content (AvgIpc) is 3.15. The van der Waals surface area contributed by atoms with Gasteiger partial charge in [0.25, 0.3) is 5.91 Å². The van der Waals surface area contributed by atoms with Crippen LogP contribution < -0.4 is 10.1 Å². The summed E-state index contributed by atoms with van der Waals surface area (Å²) in [6.45, 7) is 2.67. The van der Waals surface area contributed by atoms with Crippen molar-refractivity contribution in [1.82, 2.24) is 9.88 Å². The van der Waals surface area contributed by atoms with Crippen LogP contribution in [0.1, 0.15) is 21.6 Å². The van der Waals surface area contributed by atoms with Gasteiger partial charge in [-0.05, 0) is 48.4 Å². The first kappa shape index (κ1) is 23.9. The molecule has 0 aliphatic carbocycles. The van der Waals surface area contributed by atoms with Crippen molar-refractivity contribution >= 4 is 29.1 Å². The van der Waals surface area contributed by atoms with Gasteiger partial charge < -0.3 is 14.6 Å². The lowest BCUT2D eigenvalue weighted by Crippen LogP contribution is -2.30. The number of para-hydroxylation sites is 1. The second kappa shape index (κ2) is 10.8. The summed E-state index contributed by atoms with van der Waals surface area (Å²) in [6, 6.07) is 21.0. The molecule has 1 amide bonds. The Balaban J connectivity index is 1.60. The SMILES string of the molecule is Cc1cn(Cc2ccccc2F)c(C(=O)NCCOc2ccccc2Cl)c1-c1ccc(Cl)cc1. The Morgan fingerprint density at radius 3 is 2.44 bits per heavy atom. The van der Waals surface area contributed by atoms with E-state index >= 15 is 0 Å². The fraction of sp³-hybridized carbons (Fsp3) is 0.148. The smallest absolute Gasteiger partial charge is 0.268 e. The lowest BCUT2D eigenvalue weighted by molar-refractivity contribution is 0.0939. The Morgan fingerprint density at radius 2 is 1.71 bits per heavy atom. The number of amides is 1. The average molecular weight is 497 g/mol. The van der Waals surface area contributed by atoms with Crippen LogP contribution in [0.4, 0.5) is 4.39 Å². The number of rotatable bonds is 8. The van der Waals surface area contributed by atoms with E-state index in [9.17, 15) is 9.18 Å². The Morgan fingerprint density at radius 1 is 1.00 bits per heavy atom. The van der Waals surface area contributed by atoms with Gasteiger partial charge in [0.1, 0.15) is 23.9 Å². The molecule has 0 fully saturated rings. The molecule has 0 aliphatic heterocycles. The Bertz CT molecular complexity index is 1300.